The van der Waals surface area contributed by atoms with Crippen LogP contribution in [-0.4, -0.2) is 36.2 Å². The van der Waals surface area contributed by atoms with Crippen molar-refractivity contribution in [1.82, 2.24) is 4.90 Å². The number of alkyl halides is 1. The molecule has 0 spiro atoms. The fourth-order valence-electron chi connectivity index (χ4n) is 3.95. The Morgan fingerprint density at radius 2 is 1.78 bits per heavy atom. The van der Waals surface area contributed by atoms with E-state index in [4.69, 9.17) is 9.47 Å². The van der Waals surface area contributed by atoms with Crippen LogP contribution in [0, 0.1) is 0 Å². The van der Waals surface area contributed by atoms with Crippen LogP contribution < -0.4 is 0 Å². The van der Waals surface area contributed by atoms with Crippen molar-refractivity contribution in [1.29, 1.82) is 0 Å². The van der Waals surface area contributed by atoms with Crippen LogP contribution in [0.1, 0.15) is 56.7 Å². The lowest BCUT2D eigenvalue weighted by atomic mass is 9.90. The van der Waals surface area contributed by atoms with Gasteiger partial charge in [-0.3, -0.25) is 4.90 Å². The summed E-state index contributed by atoms with van der Waals surface area (Å²) in [5.74, 6) is 0.389. The lowest BCUT2D eigenvalue weighted by Gasteiger charge is -2.43. The fourth-order valence-corrected chi connectivity index (χ4v) is 4.78. The molecule has 0 saturated carbocycles. The van der Waals surface area contributed by atoms with Crippen molar-refractivity contribution in [3.63, 3.8) is 0 Å². The van der Waals surface area contributed by atoms with Gasteiger partial charge in [0.15, 0.2) is 0 Å². The first-order valence-electron chi connectivity index (χ1n) is 12.0. The van der Waals surface area contributed by atoms with Gasteiger partial charge in [0.25, 0.3) is 0 Å². The molecule has 1 aliphatic carbocycles. The number of hydrogen-bond acceptors (Lipinski definition) is 5. The number of benzene rings is 2. The van der Waals surface area contributed by atoms with Crippen molar-refractivity contribution in [2.45, 2.75) is 56.7 Å². The summed E-state index contributed by atoms with van der Waals surface area (Å²) in [4.78, 5) is 26.5. The van der Waals surface area contributed by atoms with Crippen molar-refractivity contribution in [2.24, 2.45) is 0 Å². The topological polar surface area (TPSA) is 65.1 Å². The number of unbranched alkanes of at least 4 members (excludes halogenated alkanes) is 1. The number of carbonyl (C=O) groups excluding carboxylic acids is 2. The summed E-state index contributed by atoms with van der Waals surface area (Å²) in [6, 6.07) is 18.0. The molecule has 7 heteroatoms. The molecule has 0 radical (unpaired) electrons. The van der Waals surface area contributed by atoms with Crippen molar-refractivity contribution in [3.8, 4) is 0 Å². The Morgan fingerprint density at radius 1 is 1.08 bits per heavy atom. The first-order valence-corrected chi connectivity index (χ1v) is 12.8. The smallest absolute Gasteiger partial charge is 0.411 e. The highest BCUT2D eigenvalue weighted by atomic mass is 79.9. The normalized spacial score (nSPS) is 17.2. The van der Waals surface area contributed by atoms with Crippen LogP contribution in [0.5, 0.6) is 0 Å². The maximum atomic E-state index is 13.4. The van der Waals surface area contributed by atoms with Gasteiger partial charge < -0.3 is 14.2 Å². The zero-order valence-corrected chi connectivity index (χ0v) is 22.9. The molecule has 0 fully saturated rings. The number of hydrogen-bond donors (Lipinski definition) is 0. The van der Waals surface area contributed by atoms with E-state index in [1.807, 2.05) is 81.4 Å². The molecule has 2 aromatic carbocycles. The summed E-state index contributed by atoms with van der Waals surface area (Å²) in [5.41, 5.74) is 2.31. The monoisotopic (exact) mass is 555 g/mol. The summed E-state index contributed by atoms with van der Waals surface area (Å²) < 4.78 is 15.8. The SMILES string of the molecule is COC(=O)/C=C/CCCN(C(=O)OC(C)(C)C)C1(Br)CC=C(OCc2ccccc2)c2ccccc21. The maximum Gasteiger partial charge on any atom is 0.411 e. The zero-order chi connectivity index (χ0) is 26.2. The first-order chi connectivity index (χ1) is 17.1. The van der Waals surface area contributed by atoms with Gasteiger partial charge in [0.05, 0.1) is 7.11 Å². The number of ether oxygens (including phenoxy) is 3. The Kier molecular flexibility index (Phi) is 9.37. The average Bonchev–Trinajstić information content (AvgIpc) is 2.85. The standard InChI is InChI=1S/C29H34BrNO5/c1-28(2,3)36-27(33)31(20-12-6-9-17-26(32)34-4)29(30)19-18-25(23-15-10-11-16-24(23)29)35-21-22-13-7-5-8-14-22/h5,7-11,13-18H,6,12,19-21H2,1-4H3/b17-9+. The molecule has 36 heavy (non-hydrogen) atoms. The van der Waals surface area contributed by atoms with Crippen LogP contribution in [0.15, 0.2) is 72.8 Å². The van der Waals surface area contributed by atoms with Gasteiger partial charge in [-0.1, -0.05) is 76.6 Å². The van der Waals surface area contributed by atoms with Gasteiger partial charge in [0, 0.05) is 24.6 Å². The highest BCUT2D eigenvalue weighted by molar-refractivity contribution is 9.09. The summed E-state index contributed by atoms with van der Waals surface area (Å²) in [7, 11) is 1.34. The number of esters is 1. The maximum absolute atomic E-state index is 13.4. The van der Waals surface area contributed by atoms with E-state index in [9.17, 15) is 9.59 Å². The minimum Gasteiger partial charge on any atom is -0.489 e. The third-order valence-corrected chi connectivity index (χ3v) is 6.83. The van der Waals surface area contributed by atoms with E-state index in [0.29, 0.717) is 32.4 Å². The van der Waals surface area contributed by atoms with Gasteiger partial charge in [-0.15, -0.1) is 0 Å². The number of nitrogens with zero attached hydrogens (tertiary/aromatic N) is 1. The fraction of sp³-hybridized carbons (Fsp3) is 0.379. The largest absolute Gasteiger partial charge is 0.489 e. The minimum absolute atomic E-state index is 0.398. The summed E-state index contributed by atoms with van der Waals surface area (Å²) >= 11 is 3.93. The van der Waals surface area contributed by atoms with Crippen LogP contribution in [0.4, 0.5) is 4.79 Å². The first kappa shape index (κ1) is 27.5. The Bertz CT molecular complexity index is 1110. The summed E-state index contributed by atoms with van der Waals surface area (Å²) in [6.07, 6.45) is 6.53. The predicted molar refractivity (Wildman–Crippen MR) is 144 cm³/mol. The number of carbonyl (C=O) groups is 2. The van der Waals surface area contributed by atoms with E-state index in [-0.39, 0.29) is 0 Å². The summed E-state index contributed by atoms with van der Waals surface area (Å²) in [6.45, 7) is 6.45. The second-order valence-corrected chi connectivity index (χ2v) is 10.9. The molecule has 0 N–H and O–H groups in total. The van der Waals surface area contributed by atoms with E-state index in [0.717, 1.165) is 22.4 Å². The van der Waals surface area contributed by atoms with Gasteiger partial charge in [-0.25, -0.2) is 9.59 Å². The van der Waals surface area contributed by atoms with Crippen LogP contribution in [0.25, 0.3) is 5.76 Å². The van der Waals surface area contributed by atoms with Crippen molar-refractivity contribution >= 4 is 33.8 Å². The molecule has 0 aromatic heterocycles. The lowest BCUT2D eigenvalue weighted by Crippen LogP contribution is -2.49. The number of fused-ring (bicyclic) bond motifs is 1. The van der Waals surface area contributed by atoms with Gasteiger partial charge in [0.1, 0.15) is 22.4 Å². The van der Waals surface area contributed by atoms with Crippen molar-refractivity contribution < 1.29 is 23.8 Å². The predicted octanol–water partition coefficient (Wildman–Crippen LogP) is 6.94. The van der Waals surface area contributed by atoms with E-state index in [1.54, 1.807) is 11.0 Å². The number of methoxy groups -OCH3 is 1. The molecule has 3 rings (SSSR count). The van der Waals surface area contributed by atoms with Crippen molar-refractivity contribution in [3.05, 3.63) is 89.5 Å². The van der Waals surface area contributed by atoms with E-state index in [1.165, 1.54) is 13.2 Å². The molecule has 1 atom stereocenters. The lowest BCUT2D eigenvalue weighted by molar-refractivity contribution is -0.134. The number of halogens is 1. The molecule has 0 bridgehead atoms. The number of amides is 1. The molecule has 6 nitrogen and oxygen atoms in total. The second-order valence-electron chi connectivity index (χ2n) is 9.55. The highest BCUT2D eigenvalue weighted by Gasteiger charge is 2.44. The van der Waals surface area contributed by atoms with Crippen LogP contribution in [0.2, 0.25) is 0 Å². The van der Waals surface area contributed by atoms with E-state index in [2.05, 4.69) is 20.7 Å². The zero-order valence-electron chi connectivity index (χ0n) is 21.3. The molecule has 2 aromatic rings. The average molecular weight is 556 g/mol. The van der Waals surface area contributed by atoms with Gasteiger partial charge in [-0.05, 0) is 50.8 Å². The molecular formula is C29H34BrNO5. The Hall–Kier alpha value is -3.06. The number of rotatable bonds is 9. The molecule has 1 aliphatic rings. The molecule has 1 amide bonds. The van der Waals surface area contributed by atoms with E-state index < -0.39 is 22.1 Å². The summed E-state index contributed by atoms with van der Waals surface area (Å²) in [5, 5.41) is 0. The molecular weight excluding hydrogens is 522 g/mol. The Balaban J connectivity index is 1.85. The molecule has 0 heterocycles. The molecule has 0 saturated heterocycles. The molecule has 0 aliphatic heterocycles. The van der Waals surface area contributed by atoms with Gasteiger partial charge >= 0.3 is 12.1 Å². The van der Waals surface area contributed by atoms with E-state index >= 15 is 0 Å². The third-order valence-electron chi connectivity index (χ3n) is 5.65. The molecule has 1 unspecified atom stereocenters. The third kappa shape index (κ3) is 7.23. The van der Waals surface area contributed by atoms with Crippen LogP contribution in [0.3, 0.4) is 0 Å². The minimum atomic E-state index is -0.808. The second kappa shape index (κ2) is 12.3. The Morgan fingerprint density at radius 3 is 2.47 bits per heavy atom. The quantitative estimate of drug-likeness (QED) is 0.110. The van der Waals surface area contributed by atoms with Crippen LogP contribution >= 0.6 is 15.9 Å². The highest BCUT2D eigenvalue weighted by Crippen LogP contribution is 2.47. The molecule has 192 valence electrons. The number of allylic oxidation sites excluding steroid dienone is 1. The van der Waals surface area contributed by atoms with Crippen molar-refractivity contribution in [2.75, 3.05) is 13.7 Å². The van der Waals surface area contributed by atoms with Crippen LogP contribution in [-0.2, 0) is 30.1 Å². The van der Waals surface area contributed by atoms with Gasteiger partial charge in [0.2, 0.25) is 0 Å². The Labute approximate surface area is 222 Å². The van der Waals surface area contributed by atoms with Gasteiger partial charge in [-0.2, -0.15) is 0 Å².